The summed E-state index contributed by atoms with van der Waals surface area (Å²) in [4.78, 5) is 25.4. The summed E-state index contributed by atoms with van der Waals surface area (Å²) in [6.07, 6.45) is 1.71. The molecule has 1 aliphatic rings. The summed E-state index contributed by atoms with van der Waals surface area (Å²) in [6.45, 7) is 0. The summed E-state index contributed by atoms with van der Waals surface area (Å²) < 4.78 is 11.0. The number of hydrogen-bond acceptors (Lipinski definition) is 5. The number of fused-ring (bicyclic) bond motifs is 1. The molecule has 4 nitrogen and oxygen atoms in total. The fraction of sp³-hybridized carbons (Fsp3) is 0. The molecule has 0 saturated carbocycles. The molecular formula is C20H12O4S. The van der Waals surface area contributed by atoms with Crippen LogP contribution in [0.3, 0.4) is 0 Å². The predicted octanol–water partition coefficient (Wildman–Crippen LogP) is 4.58. The number of ether oxygens (including phenoxy) is 2. The Bertz CT molecular complexity index is 972. The zero-order chi connectivity index (χ0) is 17.2. The minimum absolute atomic E-state index is 0.177. The van der Waals surface area contributed by atoms with Crippen LogP contribution in [0.15, 0.2) is 71.8 Å². The van der Waals surface area contributed by atoms with E-state index in [0.717, 1.165) is 4.88 Å². The van der Waals surface area contributed by atoms with Crippen LogP contribution in [0.5, 0.6) is 11.5 Å². The Hall–Kier alpha value is -3.18. The van der Waals surface area contributed by atoms with Gasteiger partial charge in [0.05, 0.1) is 11.1 Å². The van der Waals surface area contributed by atoms with Crippen LogP contribution >= 0.6 is 11.3 Å². The maximum Gasteiger partial charge on any atom is 0.343 e. The zero-order valence-electron chi connectivity index (χ0n) is 13.0. The second-order valence-corrected chi connectivity index (χ2v) is 6.35. The maximum absolute atomic E-state index is 12.4. The number of carbonyl (C=O) groups excluding carboxylic acids is 2. The molecule has 122 valence electrons. The first-order valence-corrected chi connectivity index (χ1v) is 8.48. The van der Waals surface area contributed by atoms with Crippen molar-refractivity contribution in [2.45, 2.75) is 0 Å². The Balaban J connectivity index is 1.56. The Morgan fingerprint density at radius 3 is 2.64 bits per heavy atom. The summed E-state index contributed by atoms with van der Waals surface area (Å²) in [5.74, 6) is 0.358. The average molecular weight is 348 g/mol. The van der Waals surface area contributed by atoms with E-state index in [1.807, 2.05) is 23.6 Å². The van der Waals surface area contributed by atoms with Gasteiger partial charge >= 0.3 is 5.97 Å². The van der Waals surface area contributed by atoms with E-state index in [0.29, 0.717) is 22.6 Å². The Morgan fingerprint density at radius 1 is 1.04 bits per heavy atom. The van der Waals surface area contributed by atoms with Gasteiger partial charge in [-0.3, -0.25) is 4.79 Å². The van der Waals surface area contributed by atoms with Gasteiger partial charge in [0, 0.05) is 17.0 Å². The number of Topliss-reactive ketones (excluding diaryl/α,β-unsaturated/α-hetero) is 1. The molecule has 25 heavy (non-hydrogen) atoms. The van der Waals surface area contributed by atoms with Crippen molar-refractivity contribution in [3.05, 3.63) is 87.8 Å². The third-order valence-corrected chi connectivity index (χ3v) is 4.50. The molecule has 0 spiro atoms. The molecule has 1 aliphatic heterocycles. The SMILES string of the molecule is O=C(Oc1ccc2c(c1)OC(=Cc1cccs1)C2=O)c1ccccc1. The lowest BCUT2D eigenvalue weighted by Crippen LogP contribution is -2.08. The molecule has 2 heterocycles. The first-order valence-electron chi connectivity index (χ1n) is 7.60. The standard InChI is InChI=1S/C20H12O4S/c21-19-16-9-8-14(23-20(22)13-5-2-1-3-6-13)11-17(16)24-18(19)12-15-7-4-10-25-15/h1-12H. The predicted molar refractivity (Wildman–Crippen MR) is 95.1 cm³/mol. The van der Waals surface area contributed by atoms with Gasteiger partial charge < -0.3 is 9.47 Å². The number of hydrogen-bond donors (Lipinski definition) is 0. The number of esters is 1. The average Bonchev–Trinajstić information content (AvgIpc) is 3.24. The lowest BCUT2D eigenvalue weighted by molar-refractivity contribution is 0.0734. The molecule has 5 heteroatoms. The number of carbonyl (C=O) groups is 2. The van der Waals surface area contributed by atoms with Crippen molar-refractivity contribution in [3.8, 4) is 11.5 Å². The lowest BCUT2D eigenvalue weighted by Gasteiger charge is -2.05. The van der Waals surface area contributed by atoms with E-state index in [1.165, 1.54) is 11.3 Å². The molecule has 0 unspecified atom stereocenters. The quantitative estimate of drug-likeness (QED) is 0.395. The molecule has 0 N–H and O–H groups in total. The number of thiophene rings is 1. The molecule has 0 fully saturated rings. The van der Waals surface area contributed by atoms with E-state index in [1.54, 1.807) is 48.5 Å². The van der Waals surface area contributed by atoms with E-state index in [2.05, 4.69) is 0 Å². The molecule has 1 aromatic heterocycles. The number of ketones is 1. The van der Waals surface area contributed by atoms with Crippen molar-refractivity contribution < 1.29 is 19.1 Å². The Labute approximate surface area is 148 Å². The van der Waals surface area contributed by atoms with Crippen molar-refractivity contribution in [2.24, 2.45) is 0 Å². The Kier molecular flexibility index (Phi) is 3.91. The summed E-state index contributed by atoms with van der Waals surface area (Å²) in [5.41, 5.74) is 0.917. The van der Waals surface area contributed by atoms with Crippen LogP contribution in [0.4, 0.5) is 0 Å². The van der Waals surface area contributed by atoms with Crippen LogP contribution in [0, 0.1) is 0 Å². The van der Waals surface area contributed by atoms with Crippen LogP contribution in [-0.4, -0.2) is 11.8 Å². The van der Waals surface area contributed by atoms with Gasteiger partial charge in [0.1, 0.15) is 11.5 Å². The molecule has 0 aliphatic carbocycles. The van der Waals surface area contributed by atoms with Crippen LogP contribution in [0.1, 0.15) is 25.6 Å². The van der Waals surface area contributed by atoms with Crippen molar-refractivity contribution >= 4 is 29.2 Å². The van der Waals surface area contributed by atoms with Gasteiger partial charge in [0.2, 0.25) is 5.78 Å². The molecule has 2 aromatic carbocycles. The monoisotopic (exact) mass is 348 g/mol. The maximum atomic E-state index is 12.4. The zero-order valence-corrected chi connectivity index (χ0v) is 13.8. The number of benzene rings is 2. The summed E-state index contributed by atoms with van der Waals surface area (Å²) >= 11 is 1.52. The van der Waals surface area contributed by atoms with Gasteiger partial charge in [-0.25, -0.2) is 4.79 Å². The smallest absolute Gasteiger partial charge is 0.343 e. The first-order chi connectivity index (χ1) is 12.2. The topological polar surface area (TPSA) is 52.6 Å². The lowest BCUT2D eigenvalue weighted by atomic mass is 10.1. The fourth-order valence-electron chi connectivity index (χ4n) is 2.47. The van der Waals surface area contributed by atoms with Gasteiger partial charge in [-0.15, -0.1) is 11.3 Å². The van der Waals surface area contributed by atoms with Gasteiger partial charge in [-0.2, -0.15) is 0 Å². The second kappa shape index (κ2) is 6.37. The normalized spacial score (nSPS) is 14.2. The molecule has 0 radical (unpaired) electrons. The number of rotatable bonds is 3. The number of allylic oxidation sites excluding steroid dienone is 1. The third-order valence-electron chi connectivity index (χ3n) is 3.68. The third kappa shape index (κ3) is 3.09. The van der Waals surface area contributed by atoms with Crippen molar-refractivity contribution in [1.29, 1.82) is 0 Å². The summed E-state index contributed by atoms with van der Waals surface area (Å²) in [7, 11) is 0. The molecule has 3 aromatic rings. The molecule has 4 rings (SSSR count). The Morgan fingerprint density at radius 2 is 1.88 bits per heavy atom. The molecule has 0 amide bonds. The summed E-state index contributed by atoms with van der Waals surface area (Å²) in [5, 5.41) is 1.93. The van der Waals surface area contributed by atoms with E-state index in [-0.39, 0.29) is 11.5 Å². The van der Waals surface area contributed by atoms with Gasteiger partial charge in [-0.05, 0) is 35.7 Å². The highest BCUT2D eigenvalue weighted by atomic mass is 32.1. The van der Waals surface area contributed by atoms with Crippen molar-refractivity contribution in [1.82, 2.24) is 0 Å². The largest absolute Gasteiger partial charge is 0.452 e. The van der Waals surface area contributed by atoms with Crippen LogP contribution in [0.2, 0.25) is 0 Å². The highest BCUT2D eigenvalue weighted by Gasteiger charge is 2.28. The molecular weight excluding hydrogens is 336 g/mol. The molecule has 0 saturated heterocycles. The van der Waals surface area contributed by atoms with E-state index >= 15 is 0 Å². The van der Waals surface area contributed by atoms with Gasteiger partial charge in [-0.1, -0.05) is 24.3 Å². The highest BCUT2D eigenvalue weighted by Crippen LogP contribution is 2.35. The van der Waals surface area contributed by atoms with Gasteiger partial charge in [0.15, 0.2) is 5.76 Å². The van der Waals surface area contributed by atoms with Crippen molar-refractivity contribution in [2.75, 3.05) is 0 Å². The minimum atomic E-state index is -0.459. The molecule has 0 bridgehead atoms. The second-order valence-electron chi connectivity index (χ2n) is 5.37. The van der Waals surface area contributed by atoms with Gasteiger partial charge in [0.25, 0.3) is 0 Å². The minimum Gasteiger partial charge on any atom is -0.452 e. The van der Waals surface area contributed by atoms with Crippen LogP contribution in [0.25, 0.3) is 6.08 Å². The fourth-order valence-corrected chi connectivity index (χ4v) is 3.12. The van der Waals surface area contributed by atoms with Crippen LogP contribution in [-0.2, 0) is 0 Å². The van der Waals surface area contributed by atoms with E-state index in [4.69, 9.17) is 9.47 Å². The highest BCUT2D eigenvalue weighted by molar-refractivity contribution is 7.10. The van der Waals surface area contributed by atoms with E-state index in [9.17, 15) is 9.59 Å². The molecule has 0 atom stereocenters. The first kappa shape index (κ1) is 15.4. The van der Waals surface area contributed by atoms with Crippen LogP contribution < -0.4 is 9.47 Å². The van der Waals surface area contributed by atoms with E-state index < -0.39 is 5.97 Å². The van der Waals surface area contributed by atoms with Crippen molar-refractivity contribution in [3.63, 3.8) is 0 Å². The summed E-state index contributed by atoms with van der Waals surface area (Å²) in [6, 6.07) is 17.3.